The number of methoxy groups -OCH3 is 1. The normalized spacial score (nSPS) is 17.0. The SMILES string of the molecule is COc1ccc(CN2c3ccccc3P(=O)(c3ccccc3)c3cccc(Br)c32)cc1. The molecule has 0 radical (unpaired) electrons. The van der Waals surface area contributed by atoms with E-state index in [2.05, 4.69) is 39.0 Å². The molecule has 0 saturated carbocycles. The summed E-state index contributed by atoms with van der Waals surface area (Å²) in [4.78, 5) is 2.26. The molecule has 1 atom stereocenters. The predicted octanol–water partition coefficient (Wildman–Crippen LogP) is 5.75. The second kappa shape index (κ2) is 8.03. The molecule has 0 saturated heterocycles. The van der Waals surface area contributed by atoms with E-state index in [-0.39, 0.29) is 0 Å². The van der Waals surface area contributed by atoms with Crippen LogP contribution in [0.1, 0.15) is 5.56 Å². The van der Waals surface area contributed by atoms with Gasteiger partial charge in [-0.2, -0.15) is 0 Å². The Balaban J connectivity index is 1.74. The summed E-state index contributed by atoms with van der Waals surface area (Å²) in [5.74, 6) is 0.831. The highest BCUT2D eigenvalue weighted by molar-refractivity contribution is 9.10. The second-order valence-electron chi connectivity index (χ2n) is 7.48. The standard InChI is InChI=1S/C26H21BrNO2P/c1-30-20-16-14-19(15-17-20)18-28-23-11-5-6-12-24(23)31(29,21-8-3-2-4-9-21)25-13-7-10-22(27)26(25)28/h2-17H,18H2,1H3. The quantitative estimate of drug-likeness (QED) is 0.342. The highest BCUT2D eigenvalue weighted by Gasteiger charge is 2.41. The Labute approximate surface area is 190 Å². The molecule has 1 aliphatic heterocycles. The van der Waals surface area contributed by atoms with Gasteiger partial charge < -0.3 is 14.2 Å². The molecule has 4 aromatic carbocycles. The van der Waals surface area contributed by atoms with Crippen LogP contribution < -0.4 is 25.6 Å². The number of hydrogen-bond donors (Lipinski definition) is 0. The van der Waals surface area contributed by atoms with E-state index >= 15 is 0 Å². The highest BCUT2D eigenvalue weighted by Crippen LogP contribution is 2.53. The van der Waals surface area contributed by atoms with Crippen molar-refractivity contribution in [3.8, 4) is 5.75 Å². The Bertz CT molecular complexity index is 1290. The van der Waals surface area contributed by atoms with Crippen LogP contribution in [0.15, 0.2) is 102 Å². The van der Waals surface area contributed by atoms with Crippen LogP contribution in [-0.2, 0) is 11.1 Å². The molecule has 4 aromatic rings. The lowest BCUT2D eigenvalue weighted by Crippen LogP contribution is -2.38. The molecule has 3 nitrogen and oxygen atoms in total. The van der Waals surface area contributed by atoms with Crippen molar-refractivity contribution in [2.24, 2.45) is 0 Å². The van der Waals surface area contributed by atoms with Crippen LogP contribution in [0.5, 0.6) is 5.75 Å². The first kappa shape index (κ1) is 20.1. The van der Waals surface area contributed by atoms with Crippen LogP contribution in [0.2, 0.25) is 0 Å². The van der Waals surface area contributed by atoms with E-state index in [0.29, 0.717) is 6.54 Å². The molecule has 0 amide bonds. The first-order chi connectivity index (χ1) is 15.1. The summed E-state index contributed by atoms with van der Waals surface area (Å²) in [6.07, 6.45) is 0. The maximum Gasteiger partial charge on any atom is 0.175 e. The van der Waals surface area contributed by atoms with Crippen molar-refractivity contribution in [2.45, 2.75) is 6.54 Å². The minimum absolute atomic E-state index is 0.658. The fourth-order valence-corrected chi connectivity index (χ4v) is 8.02. The van der Waals surface area contributed by atoms with Crippen molar-refractivity contribution in [3.63, 3.8) is 0 Å². The average molecular weight is 490 g/mol. The number of para-hydroxylation sites is 2. The summed E-state index contributed by atoms with van der Waals surface area (Å²) in [6, 6.07) is 32.0. The van der Waals surface area contributed by atoms with Crippen molar-refractivity contribution < 1.29 is 9.30 Å². The zero-order chi connectivity index (χ0) is 21.4. The van der Waals surface area contributed by atoms with Crippen LogP contribution in [0.3, 0.4) is 0 Å². The van der Waals surface area contributed by atoms with E-state index in [4.69, 9.17) is 4.74 Å². The molecule has 0 bridgehead atoms. The number of halogens is 1. The summed E-state index contributed by atoms with van der Waals surface area (Å²) < 4.78 is 21.1. The van der Waals surface area contributed by atoms with E-state index in [1.807, 2.05) is 78.9 Å². The lowest BCUT2D eigenvalue weighted by molar-refractivity contribution is 0.414. The lowest BCUT2D eigenvalue weighted by Gasteiger charge is -2.38. The zero-order valence-corrected chi connectivity index (χ0v) is 19.5. The van der Waals surface area contributed by atoms with Gasteiger partial charge in [0.05, 0.1) is 18.5 Å². The molecule has 1 unspecified atom stereocenters. The molecule has 0 spiro atoms. The Hall–Kier alpha value is -2.81. The van der Waals surface area contributed by atoms with Gasteiger partial charge in [0, 0.05) is 26.9 Å². The van der Waals surface area contributed by atoms with Crippen LogP contribution in [0, 0.1) is 0 Å². The van der Waals surface area contributed by atoms with Gasteiger partial charge >= 0.3 is 0 Å². The Morgan fingerprint density at radius 1 is 0.806 bits per heavy atom. The van der Waals surface area contributed by atoms with Gasteiger partial charge in [0.25, 0.3) is 0 Å². The summed E-state index contributed by atoms with van der Waals surface area (Å²) in [5.41, 5.74) is 3.09. The third-order valence-corrected chi connectivity index (χ3v) is 9.47. The molecule has 5 rings (SSSR count). The lowest BCUT2D eigenvalue weighted by atomic mass is 10.1. The fraction of sp³-hybridized carbons (Fsp3) is 0.0769. The van der Waals surface area contributed by atoms with Gasteiger partial charge in [0.15, 0.2) is 7.14 Å². The largest absolute Gasteiger partial charge is 0.497 e. The van der Waals surface area contributed by atoms with Gasteiger partial charge in [-0.05, 0) is 57.9 Å². The topological polar surface area (TPSA) is 29.5 Å². The van der Waals surface area contributed by atoms with Crippen molar-refractivity contribution in [3.05, 3.63) is 107 Å². The molecule has 1 heterocycles. The van der Waals surface area contributed by atoms with Gasteiger partial charge in [-0.15, -0.1) is 0 Å². The van der Waals surface area contributed by atoms with E-state index in [0.717, 1.165) is 43.1 Å². The molecule has 0 aliphatic carbocycles. The molecule has 31 heavy (non-hydrogen) atoms. The minimum Gasteiger partial charge on any atom is -0.497 e. The monoisotopic (exact) mass is 489 g/mol. The summed E-state index contributed by atoms with van der Waals surface area (Å²) >= 11 is 3.75. The van der Waals surface area contributed by atoms with Crippen molar-refractivity contribution in [1.29, 1.82) is 0 Å². The first-order valence-corrected chi connectivity index (χ1v) is 12.6. The molecular formula is C26H21BrNO2P. The van der Waals surface area contributed by atoms with Gasteiger partial charge in [0.1, 0.15) is 5.75 Å². The molecule has 154 valence electrons. The number of fused-ring (bicyclic) bond motifs is 2. The number of hydrogen-bond acceptors (Lipinski definition) is 3. The molecule has 0 aromatic heterocycles. The smallest absolute Gasteiger partial charge is 0.175 e. The third kappa shape index (κ3) is 3.31. The number of rotatable bonds is 4. The predicted molar refractivity (Wildman–Crippen MR) is 132 cm³/mol. The highest BCUT2D eigenvalue weighted by atomic mass is 79.9. The molecule has 0 N–H and O–H groups in total. The average Bonchev–Trinajstić information content (AvgIpc) is 2.83. The van der Waals surface area contributed by atoms with Gasteiger partial charge in [0.2, 0.25) is 0 Å². The van der Waals surface area contributed by atoms with Gasteiger partial charge in [-0.3, -0.25) is 0 Å². The van der Waals surface area contributed by atoms with Crippen LogP contribution in [-0.4, -0.2) is 7.11 Å². The summed E-state index contributed by atoms with van der Waals surface area (Å²) in [6.45, 7) is 0.658. The van der Waals surface area contributed by atoms with E-state index in [1.165, 1.54) is 0 Å². The van der Waals surface area contributed by atoms with Crippen molar-refractivity contribution in [1.82, 2.24) is 0 Å². The minimum atomic E-state index is -3.02. The number of nitrogens with zero attached hydrogens (tertiary/aromatic N) is 1. The number of ether oxygens (including phenoxy) is 1. The van der Waals surface area contributed by atoms with Crippen molar-refractivity contribution >= 4 is 50.4 Å². The van der Waals surface area contributed by atoms with Crippen LogP contribution >= 0.6 is 23.1 Å². The molecular weight excluding hydrogens is 469 g/mol. The van der Waals surface area contributed by atoms with E-state index < -0.39 is 7.14 Å². The van der Waals surface area contributed by atoms with Gasteiger partial charge in [-0.1, -0.05) is 60.7 Å². The third-order valence-electron chi connectivity index (χ3n) is 5.71. The fourth-order valence-electron chi connectivity index (χ4n) is 4.23. The zero-order valence-electron chi connectivity index (χ0n) is 17.0. The Morgan fingerprint density at radius 3 is 2.23 bits per heavy atom. The van der Waals surface area contributed by atoms with Crippen LogP contribution in [0.4, 0.5) is 11.4 Å². The Kier molecular flexibility index (Phi) is 5.21. The van der Waals surface area contributed by atoms with Crippen LogP contribution in [0.25, 0.3) is 0 Å². The number of anilines is 2. The van der Waals surface area contributed by atoms with E-state index in [1.54, 1.807) is 7.11 Å². The molecule has 1 aliphatic rings. The maximum absolute atomic E-state index is 14.8. The second-order valence-corrected chi connectivity index (χ2v) is 11.0. The van der Waals surface area contributed by atoms with E-state index in [9.17, 15) is 4.57 Å². The molecule has 5 heteroatoms. The summed E-state index contributed by atoms with van der Waals surface area (Å²) in [7, 11) is -1.35. The van der Waals surface area contributed by atoms with Gasteiger partial charge in [-0.25, -0.2) is 0 Å². The summed E-state index contributed by atoms with van der Waals surface area (Å²) in [5, 5.41) is 2.59. The Morgan fingerprint density at radius 2 is 1.48 bits per heavy atom. The van der Waals surface area contributed by atoms with Crippen molar-refractivity contribution in [2.75, 3.05) is 12.0 Å². The first-order valence-electron chi connectivity index (χ1n) is 10.1. The molecule has 0 fully saturated rings. The maximum atomic E-state index is 14.8. The number of benzene rings is 4.